The van der Waals surface area contributed by atoms with Crippen molar-refractivity contribution in [1.82, 2.24) is 14.8 Å². The van der Waals surface area contributed by atoms with E-state index in [0.717, 1.165) is 36.1 Å². The summed E-state index contributed by atoms with van der Waals surface area (Å²) in [4.78, 5) is 11.1. The summed E-state index contributed by atoms with van der Waals surface area (Å²) in [6.07, 6.45) is 6.11. The standard InChI is InChI=1S/C13H23N5OS/c1-13(15,11(14)19)7-5-9-20-12-17-16-10-6-3-2-4-8-18(10)12/h2-9,15H2,1H3,(H2,14,19). The summed E-state index contributed by atoms with van der Waals surface area (Å²) in [5, 5.41) is 9.51. The lowest BCUT2D eigenvalue weighted by Gasteiger charge is -2.19. The van der Waals surface area contributed by atoms with Gasteiger partial charge in [-0.05, 0) is 32.6 Å². The zero-order valence-corrected chi connectivity index (χ0v) is 12.8. The molecule has 0 spiro atoms. The largest absolute Gasteiger partial charge is 0.368 e. The normalized spacial score (nSPS) is 18.1. The van der Waals surface area contributed by atoms with Gasteiger partial charge in [-0.2, -0.15) is 0 Å². The number of hydrogen-bond donors (Lipinski definition) is 2. The number of thioether (sulfide) groups is 1. The topological polar surface area (TPSA) is 99.8 Å². The van der Waals surface area contributed by atoms with Gasteiger partial charge in [0.05, 0.1) is 5.54 Å². The first-order valence-electron chi connectivity index (χ1n) is 7.14. The molecule has 0 aromatic carbocycles. The first-order valence-corrected chi connectivity index (χ1v) is 8.13. The first kappa shape index (κ1) is 15.3. The molecule has 1 aromatic heterocycles. The van der Waals surface area contributed by atoms with E-state index in [2.05, 4.69) is 14.8 Å². The van der Waals surface area contributed by atoms with Gasteiger partial charge in [-0.15, -0.1) is 10.2 Å². The fourth-order valence-electron chi connectivity index (χ4n) is 2.29. The van der Waals surface area contributed by atoms with Crippen LogP contribution in [-0.4, -0.2) is 32.0 Å². The Balaban J connectivity index is 1.83. The zero-order valence-electron chi connectivity index (χ0n) is 12.0. The number of nitrogens with zero attached hydrogens (tertiary/aromatic N) is 3. The molecule has 1 unspecified atom stereocenters. The number of aromatic nitrogens is 3. The van der Waals surface area contributed by atoms with Crippen molar-refractivity contribution in [3.05, 3.63) is 5.82 Å². The Morgan fingerprint density at radius 2 is 2.20 bits per heavy atom. The maximum absolute atomic E-state index is 11.1. The summed E-state index contributed by atoms with van der Waals surface area (Å²) in [5.41, 5.74) is 10.2. The second kappa shape index (κ2) is 6.58. The molecular formula is C13H23N5OS. The number of fused-ring (bicyclic) bond motifs is 1. The number of rotatable bonds is 6. The molecule has 0 bridgehead atoms. The molecule has 1 aliphatic rings. The van der Waals surface area contributed by atoms with Crippen molar-refractivity contribution in [2.75, 3.05) is 5.75 Å². The smallest absolute Gasteiger partial charge is 0.237 e. The summed E-state index contributed by atoms with van der Waals surface area (Å²) in [5.74, 6) is 1.53. The van der Waals surface area contributed by atoms with Crippen molar-refractivity contribution < 1.29 is 4.79 Å². The Kier molecular flexibility index (Phi) is 5.04. The molecule has 1 atom stereocenters. The van der Waals surface area contributed by atoms with E-state index in [4.69, 9.17) is 11.5 Å². The lowest BCUT2D eigenvalue weighted by atomic mass is 9.97. The molecule has 2 heterocycles. The van der Waals surface area contributed by atoms with Gasteiger partial charge in [-0.25, -0.2) is 0 Å². The summed E-state index contributed by atoms with van der Waals surface area (Å²) >= 11 is 1.69. The summed E-state index contributed by atoms with van der Waals surface area (Å²) in [6, 6.07) is 0. The van der Waals surface area contributed by atoms with Crippen molar-refractivity contribution in [1.29, 1.82) is 0 Å². The molecule has 2 rings (SSSR count). The van der Waals surface area contributed by atoms with Crippen LogP contribution in [0.5, 0.6) is 0 Å². The lowest BCUT2D eigenvalue weighted by molar-refractivity contribution is -0.122. The molecular weight excluding hydrogens is 274 g/mol. The number of primary amides is 1. The van der Waals surface area contributed by atoms with Gasteiger partial charge in [0.15, 0.2) is 5.16 Å². The molecule has 0 fully saturated rings. The molecule has 0 radical (unpaired) electrons. The van der Waals surface area contributed by atoms with E-state index in [0.29, 0.717) is 6.42 Å². The number of hydrogen-bond acceptors (Lipinski definition) is 5. The van der Waals surface area contributed by atoms with Crippen LogP contribution >= 0.6 is 11.8 Å². The number of aryl methyl sites for hydroxylation is 1. The van der Waals surface area contributed by atoms with E-state index in [1.807, 2.05) is 0 Å². The minimum absolute atomic E-state index is 0.446. The molecule has 20 heavy (non-hydrogen) atoms. The molecule has 0 aliphatic carbocycles. The summed E-state index contributed by atoms with van der Waals surface area (Å²) in [6.45, 7) is 2.70. The predicted molar refractivity (Wildman–Crippen MR) is 79.3 cm³/mol. The molecule has 0 saturated carbocycles. The molecule has 112 valence electrons. The minimum Gasteiger partial charge on any atom is -0.368 e. The van der Waals surface area contributed by atoms with Crippen LogP contribution in [0.3, 0.4) is 0 Å². The Morgan fingerprint density at radius 3 is 2.95 bits per heavy atom. The van der Waals surface area contributed by atoms with E-state index in [1.165, 1.54) is 19.3 Å². The van der Waals surface area contributed by atoms with Crippen molar-refractivity contribution in [3.8, 4) is 0 Å². The van der Waals surface area contributed by atoms with Crippen LogP contribution in [0, 0.1) is 0 Å². The SMILES string of the molecule is CC(N)(CCCSc1nnc2n1CCCCC2)C(N)=O. The van der Waals surface area contributed by atoms with E-state index in [9.17, 15) is 4.79 Å². The van der Waals surface area contributed by atoms with Crippen molar-refractivity contribution in [2.24, 2.45) is 11.5 Å². The monoisotopic (exact) mass is 297 g/mol. The van der Waals surface area contributed by atoms with Crippen LogP contribution in [0.25, 0.3) is 0 Å². The van der Waals surface area contributed by atoms with E-state index in [-0.39, 0.29) is 0 Å². The zero-order chi connectivity index (χ0) is 14.6. The summed E-state index contributed by atoms with van der Waals surface area (Å²) < 4.78 is 2.23. The van der Waals surface area contributed by atoms with Gasteiger partial charge >= 0.3 is 0 Å². The number of amides is 1. The Hall–Kier alpha value is -1.08. The molecule has 1 aromatic rings. The average molecular weight is 297 g/mol. The van der Waals surface area contributed by atoms with Crippen LogP contribution in [0.1, 0.15) is 44.9 Å². The van der Waals surface area contributed by atoms with Crippen LogP contribution in [0.15, 0.2) is 5.16 Å². The molecule has 0 saturated heterocycles. The molecule has 4 N–H and O–H groups in total. The van der Waals surface area contributed by atoms with Crippen molar-refractivity contribution in [3.63, 3.8) is 0 Å². The van der Waals surface area contributed by atoms with E-state index >= 15 is 0 Å². The fourth-order valence-corrected chi connectivity index (χ4v) is 3.21. The van der Waals surface area contributed by atoms with Gasteiger partial charge < -0.3 is 16.0 Å². The van der Waals surface area contributed by atoms with Gasteiger partial charge in [0.2, 0.25) is 5.91 Å². The average Bonchev–Trinajstić information content (AvgIpc) is 2.62. The molecule has 1 amide bonds. The highest BCUT2D eigenvalue weighted by molar-refractivity contribution is 7.99. The highest BCUT2D eigenvalue weighted by Gasteiger charge is 2.24. The first-order chi connectivity index (χ1) is 9.50. The number of carbonyl (C=O) groups is 1. The van der Waals surface area contributed by atoms with Gasteiger partial charge in [0.1, 0.15) is 5.82 Å². The maximum Gasteiger partial charge on any atom is 0.237 e. The van der Waals surface area contributed by atoms with Crippen molar-refractivity contribution >= 4 is 17.7 Å². The van der Waals surface area contributed by atoms with E-state index < -0.39 is 11.4 Å². The molecule has 1 aliphatic heterocycles. The fraction of sp³-hybridized carbons (Fsp3) is 0.769. The molecule has 6 nitrogen and oxygen atoms in total. The number of nitrogens with two attached hydrogens (primary N) is 2. The van der Waals surface area contributed by atoms with Gasteiger partial charge in [-0.1, -0.05) is 18.2 Å². The third kappa shape index (κ3) is 3.73. The Labute approximate surface area is 123 Å². The third-order valence-corrected chi connectivity index (χ3v) is 4.76. The minimum atomic E-state index is -0.914. The summed E-state index contributed by atoms with van der Waals surface area (Å²) in [7, 11) is 0. The third-order valence-electron chi connectivity index (χ3n) is 3.71. The number of carbonyl (C=O) groups excluding carboxylic acids is 1. The second-order valence-electron chi connectivity index (χ2n) is 5.59. The van der Waals surface area contributed by atoms with Crippen LogP contribution in [0.2, 0.25) is 0 Å². The maximum atomic E-state index is 11.1. The highest BCUT2D eigenvalue weighted by atomic mass is 32.2. The van der Waals surface area contributed by atoms with Gasteiger partial charge in [0.25, 0.3) is 0 Å². The van der Waals surface area contributed by atoms with Crippen LogP contribution < -0.4 is 11.5 Å². The lowest BCUT2D eigenvalue weighted by Crippen LogP contribution is -2.49. The quantitative estimate of drug-likeness (QED) is 0.604. The Bertz CT molecular complexity index is 471. The second-order valence-corrected chi connectivity index (χ2v) is 6.66. The highest BCUT2D eigenvalue weighted by Crippen LogP contribution is 2.23. The van der Waals surface area contributed by atoms with Crippen LogP contribution in [-0.2, 0) is 17.8 Å². The predicted octanol–water partition coefficient (Wildman–Crippen LogP) is 1.08. The van der Waals surface area contributed by atoms with Gasteiger partial charge in [-0.3, -0.25) is 4.79 Å². The van der Waals surface area contributed by atoms with E-state index in [1.54, 1.807) is 18.7 Å². The van der Waals surface area contributed by atoms with Crippen molar-refractivity contribution in [2.45, 2.75) is 62.7 Å². The Morgan fingerprint density at radius 1 is 1.40 bits per heavy atom. The van der Waals surface area contributed by atoms with Gasteiger partial charge in [0, 0.05) is 18.7 Å². The molecule has 7 heteroatoms. The van der Waals surface area contributed by atoms with Crippen LogP contribution in [0.4, 0.5) is 0 Å².